The molecule has 2 amide bonds. The monoisotopic (exact) mass is 494 g/mol. The first-order valence-electron chi connectivity index (χ1n) is 10.2. The van der Waals surface area contributed by atoms with E-state index in [9.17, 15) is 18.8 Å². The molecule has 0 fully saturated rings. The van der Waals surface area contributed by atoms with Crippen LogP contribution < -0.4 is 21.7 Å². The fourth-order valence-electron chi connectivity index (χ4n) is 3.13. The van der Waals surface area contributed by atoms with Gasteiger partial charge in [0, 0.05) is 17.4 Å². The summed E-state index contributed by atoms with van der Waals surface area (Å²) < 4.78 is 18.5. The highest BCUT2D eigenvalue weighted by atomic mass is 32.1. The Morgan fingerprint density at radius 3 is 2.46 bits per heavy atom. The maximum absolute atomic E-state index is 13.4. The molecule has 2 heterocycles. The molecule has 0 aliphatic heterocycles. The summed E-state index contributed by atoms with van der Waals surface area (Å²) in [6.07, 6.45) is 0. The van der Waals surface area contributed by atoms with Crippen LogP contribution in [0.15, 0.2) is 65.2 Å². The number of ketones is 1. The number of carbonyl (C=O) groups excluding carboxylic acids is 3. The largest absolute Gasteiger partial charge is 0.382 e. The third-order valence-corrected chi connectivity index (χ3v) is 6.03. The zero-order chi connectivity index (χ0) is 25.1. The fourth-order valence-corrected chi connectivity index (χ4v) is 4.16. The Labute approximate surface area is 202 Å². The van der Waals surface area contributed by atoms with E-state index in [2.05, 4.69) is 15.5 Å². The van der Waals surface area contributed by atoms with Crippen LogP contribution in [-0.2, 0) is 4.79 Å². The number of nitrogens with two attached hydrogens (primary N) is 2. The van der Waals surface area contributed by atoms with Gasteiger partial charge in [0.15, 0.2) is 10.8 Å². The molecule has 0 spiro atoms. The first kappa shape index (κ1) is 23.6. The van der Waals surface area contributed by atoms with E-state index in [1.165, 1.54) is 35.2 Å². The number of hydrogen-bond donors (Lipinski definition) is 3. The number of para-hydroxylation sites is 1. The second kappa shape index (κ2) is 9.73. The van der Waals surface area contributed by atoms with Crippen LogP contribution in [0.3, 0.4) is 0 Å². The summed E-state index contributed by atoms with van der Waals surface area (Å²) in [5.74, 6) is -2.68. The van der Waals surface area contributed by atoms with Crippen LogP contribution in [0.25, 0.3) is 0 Å². The molecule has 2 aromatic carbocycles. The van der Waals surface area contributed by atoms with Crippen molar-refractivity contribution in [2.75, 3.05) is 16.0 Å². The topological polar surface area (TPSA) is 157 Å². The van der Waals surface area contributed by atoms with Crippen LogP contribution in [-0.4, -0.2) is 33.8 Å². The van der Waals surface area contributed by atoms with Crippen molar-refractivity contribution in [3.05, 3.63) is 82.8 Å². The number of thiazole rings is 1. The van der Waals surface area contributed by atoms with Crippen LogP contribution >= 0.6 is 11.3 Å². The van der Waals surface area contributed by atoms with Crippen LogP contribution in [0.5, 0.6) is 0 Å². The predicted octanol–water partition coefficient (Wildman–Crippen LogP) is 3.35. The van der Waals surface area contributed by atoms with Crippen LogP contribution in [0.4, 0.5) is 26.7 Å². The third-order valence-electron chi connectivity index (χ3n) is 4.96. The van der Waals surface area contributed by atoms with Gasteiger partial charge in [-0.2, -0.15) is 0 Å². The predicted molar refractivity (Wildman–Crippen MR) is 128 cm³/mol. The summed E-state index contributed by atoms with van der Waals surface area (Å²) in [5, 5.41) is 6.49. The van der Waals surface area contributed by atoms with Gasteiger partial charge in [-0.3, -0.25) is 14.4 Å². The van der Waals surface area contributed by atoms with Gasteiger partial charge in [-0.1, -0.05) is 34.7 Å². The van der Waals surface area contributed by atoms with Crippen molar-refractivity contribution in [3.8, 4) is 0 Å². The van der Waals surface area contributed by atoms with Crippen molar-refractivity contribution in [1.29, 1.82) is 0 Å². The molecular weight excluding hydrogens is 475 g/mol. The molecule has 0 aliphatic carbocycles. The van der Waals surface area contributed by atoms with E-state index in [4.69, 9.17) is 16.0 Å². The molecule has 5 N–H and O–H groups in total. The number of nitrogens with zero attached hydrogens (tertiary/aromatic N) is 3. The molecule has 0 unspecified atom stereocenters. The zero-order valence-corrected chi connectivity index (χ0v) is 19.1. The summed E-state index contributed by atoms with van der Waals surface area (Å²) >= 11 is 0.886. The number of carbonyl (C=O) groups is 3. The SMILES string of the molecule is C[C@H](C(N)=O)N(c1ccc(F)cc1)c1nc(N)c(C(=O)c2cc(C(=O)Nc3ccccc3)no2)s1. The minimum Gasteiger partial charge on any atom is -0.382 e. The van der Waals surface area contributed by atoms with E-state index < -0.39 is 29.5 Å². The number of nitrogens with one attached hydrogen (secondary N) is 1. The van der Waals surface area contributed by atoms with E-state index in [1.54, 1.807) is 37.3 Å². The molecular formula is C23H19FN6O4S. The van der Waals surface area contributed by atoms with Gasteiger partial charge in [0.05, 0.1) is 0 Å². The number of halogens is 1. The molecule has 0 saturated heterocycles. The van der Waals surface area contributed by atoms with Gasteiger partial charge in [-0.25, -0.2) is 9.37 Å². The molecule has 178 valence electrons. The summed E-state index contributed by atoms with van der Waals surface area (Å²) in [5.41, 5.74) is 12.4. The number of hydrogen-bond acceptors (Lipinski definition) is 9. The Morgan fingerprint density at radius 2 is 1.80 bits per heavy atom. The number of nitrogen functional groups attached to an aromatic ring is 1. The van der Waals surface area contributed by atoms with Gasteiger partial charge < -0.3 is 26.2 Å². The molecule has 0 bridgehead atoms. The van der Waals surface area contributed by atoms with Crippen LogP contribution in [0.1, 0.15) is 32.8 Å². The molecule has 4 rings (SSSR count). The van der Waals surface area contributed by atoms with Crippen molar-refractivity contribution >= 4 is 51.3 Å². The van der Waals surface area contributed by atoms with Crippen molar-refractivity contribution in [1.82, 2.24) is 10.1 Å². The summed E-state index contributed by atoms with van der Waals surface area (Å²) in [7, 11) is 0. The number of rotatable bonds is 8. The first-order chi connectivity index (χ1) is 16.7. The zero-order valence-electron chi connectivity index (χ0n) is 18.3. The first-order valence-corrected chi connectivity index (χ1v) is 11.0. The maximum atomic E-state index is 13.4. The Bertz CT molecular complexity index is 1390. The molecule has 1 atom stereocenters. The average Bonchev–Trinajstić information content (AvgIpc) is 3.48. The van der Waals surface area contributed by atoms with Crippen molar-refractivity contribution in [2.45, 2.75) is 13.0 Å². The minimum atomic E-state index is -0.882. The van der Waals surface area contributed by atoms with Gasteiger partial charge in [0.1, 0.15) is 22.6 Å². The van der Waals surface area contributed by atoms with Gasteiger partial charge in [-0.15, -0.1) is 0 Å². The lowest BCUT2D eigenvalue weighted by molar-refractivity contribution is -0.118. The fraction of sp³-hybridized carbons (Fsp3) is 0.0870. The van der Waals surface area contributed by atoms with Crippen LogP contribution in [0.2, 0.25) is 0 Å². The third kappa shape index (κ3) is 5.01. The van der Waals surface area contributed by atoms with Crippen LogP contribution in [0, 0.1) is 5.82 Å². The average molecular weight is 495 g/mol. The highest BCUT2D eigenvalue weighted by molar-refractivity contribution is 7.18. The number of anilines is 4. The van der Waals surface area contributed by atoms with Crippen molar-refractivity contribution in [3.63, 3.8) is 0 Å². The molecule has 10 nitrogen and oxygen atoms in total. The Morgan fingerprint density at radius 1 is 1.11 bits per heavy atom. The van der Waals surface area contributed by atoms with E-state index in [0.29, 0.717) is 11.4 Å². The smallest absolute Gasteiger partial charge is 0.277 e. The molecule has 35 heavy (non-hydrogen) atoms. The van der Waals surface area contributed by atoms with E-state index in [-0.39, 0.29) is 27.3 Å². The number of aromatic nitrogens is 2. The Hall–Kier alpha value is -4.58. The molecule has 4 aromatic rings. The second-order valence-corrected chi connectivity index (χ2v) is 8.34. The molecule has 0 aliphatic rings. The van der Waals surface area contributed by atoms with Crippen molar-refractivity contribution < 1.29 is 23.3 Å². The standard InChI is InChI=1S/C23H19FN6O4S/c1-12(21(26)32)30(15-9-7-13(24)8-10-15)23-28-20(25)19(35-23)18(31)17-11-16(29-34-17)22(33)27-14-5-3-2-4-6-14/h2-12H,25H2,1H3,(H2,26,32)(H,27,33)/t12-/m1/s1. The number of benzene rings is 2. The van der Waals surface area contributed by atoms with Gasteiger partial charge >= 0.3 is 0 Å². The summed E-state index contributed by atoms with van der Waals surface area (Å²) in [6.45, 7) is 1.54. The summed E-state index contributed by atoms with van der Waals surface area (Å²) in [4.78, 5) is 43.0. The molecule has 0 radical (unpaired) electrons. The quantitative estimate of drug-likeness (QED) is 0.315. The Balaban J connectivity index is 1.61. The second-order valence-electron chi connectivity index (χ2n) is 7.36. The molecule has 2 aromatic heterocycles. The minimum absolute atomic E-state index is 0.00921. The van der Waals surface area contributed by atoms with Gasteiger partial charge in [-0.05, 0) is 43.3 Å². The number of primary amides is 1. The molecule has 12 heteroatoms. The highest BCUT2D eigenvalue weighted by Crippen LogP contribution is 2.36. The number of amides is 2. The Kier molecular flexibility index (Phi) is 6.55. The lowest BCUT2D eigenvalue weighted by Gasteiger charge is -2.26. The lowest BCUT2D eigenvalue weighted by atomic mass is 10.2. The van der Waals surface area contributed by atoms with E-state index in [1.807, 2.05) is 0 Å². The maximum Gasteiger partial charge on any atom is 0.277 e. The molecule has 0 saturated carbocycles. The van der Waals surface area contributed by atoms with Gasteiger partial charge in [0.2, 0.25) is 17.5 Å². The normalized spacial score (nSPS) is 11.6. The van der Waals surface area contributed by atoms with Gasteiger partial charge in [0.25, 0.3) is 5.91 Å². The lowest BCUT2D eigenvalue weighted by Crippen LogP contribution is -2.39. The van der Waals surface area contributed by atoms with E-state index in [0.717, 1.165) is 11.3 Å². The van der Waals surface area contributed by atoms with Crippen molar-refractivity contribution in [2.24, 2.45) is 5.73 Å². The highest BCUT2D eigenvalue weighted by Gasteiger charge is 2.29. The van der Waals surface area contributed by atoms with E-state index >= 15 is 0 Å². The summed E-state index contributed by atoms with van der Waals surface area (Å²) in [6, 6.07) is 14.4.